The third-order valence-corrected chi connectivity index (χ3v) is 5.12. The highest BCUT2D eigenvalue weighted by Crippen LogP contribution is 2.32. The predicted octanol–water partition coefficient (Wildman–Crippen LogP) is 4.16. The highest BCUT2D eigenvalue weighted by molar-refractivity contribution is 7.15. The number of hydrogen-bond donors (Lipinski definition) is 2. The number of nitrogens with one attached hydrogen (secondary N) is 2. The van der Waals surface area contributed by atoms with Crippen molar-refractivity contribution < 1.29 is 4.79 Å². The highest BCUT2D eigenvalue weighted by Gasteiger charge is 2.16. The van der Waals surface area contributed by atoms with E-state index >= 15 is 0 Å². The molecule has 6 nitrogen and oxygen atoms in total. The molecule has 26 heavy (non-hydrogen) atoms. The van der Waals surface area contributed by atoms with Gasteiger partial charge in [-0.25, -0.2) is 15.0 Å². The molecule has 0 radical (unpaired) electrons. The van der Waals surface area contributed by atoms with Crippen molar-refractivity contribution in [3.63, 3.8) is 0 Å². The number of pyridine rings is 2. The molecule has 0 aliphatic carbocycles. The van der Waals surface area contributed by atoms with Crippen molar-refractivity contribution in [1.82, 2.24) is 20.3 Å². The lowest BCUT2D eigenvalue weighted by Crippen LogP contribution is -2.23. The molecular weight excluding hydrogens is 346 g/mol. The van der Waals surface area contributed by atoms with Crippen LogP contribution in [0.25, 0.3) is 10.6 Å². The van der Waals surface area contributed by atoms with Crippen molar-refractivity contribution in [3.05, 3.63) is 52.8 Å². The van der Waals surface area contributed by atoms with Gasteiger partial charge >= 0.3 is 0 Å². The van der Waals surface area contributed by atoms with Crippen molar-refractivity contribution in [2.75, 3.05) is 5.32 Å². The molecule has 3 aromatic heterocycles. The van der Waals surface area contributed by atoms with Crippen LogP contribution >= 0.6 is 11.3 Å². The Labute approximate surface area is 156 Å². The van der Waals surface area contributed by atoms with Gasteiger partial charge in [-0.1, -0.05) is 6.07 Å². The van der Waals surface area contributed by atoms with Crippen LogP contribution in [0.5, 0.6) is 0 Å². The van der Waals surface area contributed by atoms with E-state index in [9.17, 15) is 4.79 Å². The minimum atomic E-state index is -0.122. The summed E-state index contributed by atoms with van der Waals surface area (Å²) in [6, 6.07) is 9.62. The lowest BCUT2D eigenvalue weighted by Gasteiger charge is -2.08. The quantitative estimate of drug-likeness (QED) is 0.708. The van der Waals surface area contributed by atoms with Gasteiger partial charge in [-0.15, -0.1) is 11.3 Å². The Morgan fingerprint density at radius 1 is 1.15 bits per heavy atom. The van der Waals surface area contributed by atoms with E-state index in [0.29, 0.717) is 0 Å². The standard InChI is InChI=1S/C19H21N5OS/c1-11-8-9-20-17(10-11)24-16-7-5-6-15(23-16)18-12(2)22-19(26-18)13(3)21-14(4)25/h5-10,13H,1-4H3,(H,21,25)(H,20,23,24)/t13-/m0/s1. The van der Waals surface area contributed by atoms with Crippen molar-refractivity contribution in [3.8, 4) is 10.6 Å². The summed E-state index contributed by atoms with van der Waals surface area (Å²) in [6.45, 7) is 7.42. The van der Waals surface area contributed by atoms with Gasteiger partial charge in [-0.05, 0) is 50.6 Å². The second kappa shape index (κ2) is 7.61. The second-order valence-corrected chi connectivity index (χ2v) is 7.17. The predicted molar refractivity (Wildman–Crippen MR) is 105 cm³/mol. The zero-order chi connectivity index (χ0) is 18.7. The summed E-state index contributed by atoms with van der Waals surface area (Å²) in [5, 5.41) is 6.97. The Kier molecular flexibility index (Phi) is 5.27. The first kappa shape index (κ1) is 18.0. The fraction of sp³-hybridized carbons (Fsp3) is 0.263. The SMILES string of the molecule is CC(=O)N[C@@H](C)c1nc(C)c(-c2cccc(Nc3cc(C)ccn3)n2)s1. The van der Waals surface area contributed by atoms with Crippen LogP contribution in [0.1, 0.15) is 36.2 Å². The van der Waals surface area contributed by atoms with Crippen LogP contribution in [0, 0.1) is 13.8 Å². The van der Waals surface area contributed by atoms with Gasteiger partial charge in [0.05, 0.1) is 22.3 Å². The summed E-state index contributed by atoms with van der Waals surface area (Å²) in [6.07, 6.45) is 1.77. The van der Waals surface area contributed by atoms with E-state index in [2.05, 4.69) is 20.6 Å². The fourth-order valence-electron chi connectivity index (χ4n) is 2.57. The van der Waals surface area contributed by atoms with Gasteiger partial charge in [0.1, 0.15) is 16.6 Å². The molecule has 2 N–H and O–H groups in total. The first-order valence-electron chi connectivity index (χ1n) is 8.34. The van der Waals surface area contributed by atoms with E-state index in [-0.39, 0.29) is 11.9 Å². The molecule has 0 saturated heterocycles. The molecule has 0 bridgehead atoms. The third kappa shape index (κ3) is 4.23. The molecule has 134 valence electrons. The topological polar surface area (TPSA) is 79.8 Å². The minimum absolute atomic E-state index is 0.0677. The molecule has 0 aliphatic heterocycles. The van der Waals surface area contributed by atoms with Gasteiger partial charge in [0.25, 0.3) is 0 Å². The second-order valence-electron chi connectivity index (χ2n) is 6.14. The molecule has 0 aromatic carbocycles. The highest BCUT2D eigenvalue weighted by atomic mass is 32.1. The number of thiazole rings is 1. The van der Waals surface area contributed by atoms with Gasteiger partial charge in [0, 0.05) is 13.1 Å². The molecule has 1 amide bonds. The number of nitrogens with zero attached hydrogens (tertiary/aromatic N) is 3. The van der Waals surface area contributed by atoms with Crippen molar-refractivity contribution >= 4 is 28.9 Å². The average Bonchev–Trinajstić information content (AvgIpc) is 2.96. The molecule has 0 saturated carbocycles. The van der Waals surface area contributed by atoms with Crippen LogP contribution in [0.3, 0.4) is 0 Å². The van der Waals surface area contributed by atoms with Gasteiger partial charge in [0.2, 0.25) is 5.91 Å². The number of amides is 1. The molecule has 0 aliphatic rings. The smallest absolute Gasteiger partial charge is 0.217 e. The first-order chi connectivity index (χ1) is 12.4. The van der Waals surface area contributed by atoms with Crippen LogP contribution in [0.15, 0.2) is 36.5 Å². The summed E-state index contributed by atoms with van der Waals surface area (Å²) >= 11 is 1.55. The molecule has 3 heterocycles. The molecule has 1 atom stereocenters. The molecule has 7 heteroatoms. The number of aryl methyl sites for hydroxylation is 2. The Morgan fingerprint density at radius 3 is 2.69 bits per heavy atom. The Bertz CT molecular complexity index is 937. The molecule has 0 fully saturated rings. The summed E-state index contributed by atoms with van der Waals surface area (Å²) in [5.41, 5.74) is 2.88. The van der Waals surface area contributed by atoms with Crippen LogP contribution in [0.2, 0.25) is 0 Å². The van der Waals surface area contributed by atoms with E-state index in [0.717, 1.165) is 38.5 Å². The number of rotatable bonds is 5. The lowest BCUT2D eigenvalue weighted by atomic mass is 10.2. The number of aromatic nitrogens is 3. The summed E-state index contributed by atoms with van der Waals surface area (Å²) in [5.74, 6) is 1.42. The number of carbonyl (C=O) groups is 1. The van der Waals surface area contributed by atoms with E-state index < -0.39 is 0 Å². The van der Waals surface area contributed by atoms with E-state index in [1.165, 1.54) is 6.92 Å². The summed E-state index contributed by atoms with van der Waals surface area (Å²) in [4.78, 5) is 25.9. The molecular formula is C19H21N5OS. The van der Waals surface area contributed by atoms with Crippen LogP contribution in [-0.4, -0.2) is 20.9 Å². The zero-order valence-electron chi connectivity index (χ0n) is 15.2. The van der Waals surface area contributed by atoms with E-state index in [1.54, 1.807) is 17.5 Å². The molecule has 0 unspecified atom stereocenters. The zero-order valence-corrected chi connectivity index (χ0v) is 16.0. The van der Waals surface area contributed by atoms with Crippen molar-refractivity contribution in [1.29, 1.82) is 0 Å². The maximum Gasteiger partial charge on any atom is 0.217 e. The van der Waals surface area contributed by atoms with Crippen molar-refractivity contribution in [2.45, 2.75) is 33.7 Å². The monoisotopic (exact) mass is 367 g/mol. The lowest BCUT2D eigenvalue weighted by molar-refractivity contribution is -0.119. The largest absolute Gasteiger partial charge is 0.347 e. The molecule has 3 rings (SSSR count). The molecule has 3 aromatic rings. The van der Waals surface area contributed by atoms with Gasteiger partial charge in [-0.3, -0.25) is 4.79 Å². The number of hydrogen-bond acceptors (Lipinski definition) is 6. The molecule has 0 spiro atoms. The fourth-order valence-corrected chi connectivity index (χ4v) is 3.61. The normalized spacial score (nSPS) is 11.8. The van der Waals surface area contributed by atoms with E-state index in [1.807, 2.05) is 51.1 Å². The average molecular weight is 367 g/mol. The van der Waals surface area contributed by atoms with E-state index in [4.69, 9.17) is 4.98 Å². The number of carbonyl (C=O) groups excluding carboxylic acids is 1. The first-order valence-corrected chi connectivity index (χ1v) is 9.15. The summed E-state index contributed by atoms with van der Waals surface area (Å²) < 4.78 is 0. The Balaban J connectivity index is 1.86. The Morgan fingerprint density at radius 2 is 1.96 bits per heavy atom. The minimum Gasteiger partial charge on any atom is -0.347 e. The van der Waals surface area contributed by atoms with Gasteiger partial charge in [0.15, 0.2) is 0 Å². The van der Waals surface area contributed by atoms with Gasteiger partial charge < -0.3 is 10.6 Å². The third-order valence-electron chi connectivity index (χ3n) is 3.76. The van der Waals surface area contributed by atoms with Crippen LogP contribution < -0.4 is 10.6 Å². The maximum absolute atomic E-state index is 11.3. The van der Waals surface area contributed by atoms with Gasteiger partial charge in [-0.2, -0.15) is 0 Å². The summed E-state index contributed by atoms with van der Waals surface area (Å²) in [7, 11) is 0. The van der Waals surface area contributed by atoms with Crippen LogP contribution in [0.4, 0.5) is 11.6 Å². The maximum atomic E-state index is 11.3. The Hall–Kier alpha value is -2.80. The number of anilines is 2. The van der Waals surface area contributed by atoms with Crippen molar-refractivity contribution in [2.24, 2.45) is 0 Å². The van der Waals surface area contributed by atoms with Crippen LogP contribution in [-0.2, 0) is 4.79 Å².